The molecule has 4 rings (SSSR count). The average Bonchev–Trinajstić information content (AvgIpc) is 3.46. The van der Waals surface area contributed by atoms with Crippen molar-refractivity contribution in [2.75, 3.05) is 24.5 Å². The number of piperazine rings is 1. The van der Waals surface area contributed by atoms with Gasteiger partial charge in [-0.2, -0.15) is 26.3 Å². The number of halogens is 6. The Balaban J connectivity index is 1.55. The van der Waals surface area contributed by atoms with E-state index in [9.17, 15) is 35.9 Å². The van der Waals surface area contributed by atoms with Crippen molar-refractivity contribution in [3.8, 4) is 11.3 Å². The summed E-state index contributed by atoms with van der Waals surface area (Å²) < 4.78 is 80.0. The second kappa shape index (κ2) is 9.68. The van der Waals surface area contributed by atoms with Crippen LogP contribution in [-0.4, -0.2) is 72.0 Å². The van der Waals surface area contributed by atoms with Gasteiger partial charge in [0.2, 0.25) is 22.6 Å². The molecule has 4 heterocycles. The maximum atomic E-state index is 13.4. The van der Waals surface area contributed by atoms with Gasteiger partial charge in [-0.3, -0.25) is 9.59 Å². The lowest BCUT2D eigenvalue weighted by atomic mass is 10.1. The lowest BCUT2D eigenvalue weighted by Gasteiger charge is -2.40. The Morgan fingerprint density at radius 3 is 2.27 bits per heavy atom. The summed E-state index contributed by atoms with van der Waals surface area (Å²) in [6.45, 7) is 3.24. The second-order valence-corrected chi connectivity index (χ2v) is 9.15. The Morgan fingerprint density at radius 1 is 1.05 bits per heavy atom. The molecule has 3 aromatic heterocycles. The number of amides is 1. The maximum Gasteiger partial charge on any atom is 0.451 e. The number of ketones is 1. The molecule has 1 atom stereocenters. The van der Waals surface area contributed by atoms with Gasteiger partial charge in [0.25, 0.3) is 0 Å². The van der Waals surface area contributed by atoms with E-state index in [2.05, 4.69) is 25.0 Å². The smallest absolute Gasteiger partial charge is 0.358 e. The van der Waals surface area contributed by atoms with Crippen molar-refractivity contribution in [1.29, 1.82) is 0 Å². The normalized spacial score (nSPS) is 16.8. The summed E-state index contributed by atoms with van der Waals surface area (Å²) in [6.07, 6.45) is -6.76. The van der Waals surface area contributed by atoms with Crippen molar-refractivity contribution < 1.29 is 35.9 Å². The first kappa shape index (κ1) is 26.4. The quantitative estimate of drug-likeness (QED) is 0.353. The van der Waals surface area contributed by atoms with Gasteiger partial charge in [-0.05, 0) is 6.92 Å². The van der Waals surface area contributed by atoms with Gasteiger partial charge in [0.05, 0.1) is 0 Å². The minimum absolute atomic E-state index is 0.0314. The van der Waals surface area contributed by atoms with Gasteiger partial charge in [0, 0.05) is 50.6 Å². The van der Waals surface area contributed by atoms with Gasteiger partial charge in [-0.15, -0.1) is 5.10 Å². The van der Waals surface area contributed by atoms with Crippen LogP contribution in [-0.2, 0) is 23.7 Å². The second-order valence-electron chi connectivity index (χ2n) is 8.17. The highest BCUT2D eigenvalue weighted by molar-refractivity contribution is 7.16. The molecule has 1 saturated heterocycles. The zero-order valence-corrected chi connectivity index (χ0v) is 20.0. The highest BCUT2D eigenvalue weighted by Gasteiger charge is 2.39. The van der Waals surface area contributed by atoms with Crippen LogP contribution in [0.25, 0.3) is 11.3 Å². The molecular weight excluding hydrogens is 530 g/mol. The number of nitrogens with zero attached hydrogens (tertiary/aromatic N) is 8. The van der Waals surface area contributed by atoms with Crippen molar-refractivity contribution in [2.24, 2.45) is 0 Å². The SMILES string of the molecule is CC(=O)c1ncn(CC(=O)N2CCN(c3sc(C(F)(F)F)nc3-c3cnc(C(F)(F)F)nc3)C[C@H]2C)n1. The van der Waals surface area contributed by atoms with E-state index >= 15 is 0 Å². The number of thiazole rings is 1. The van der Waals surface area contributed by atoms with E-state index < -0.39 is 29.2 Å². The molecule has 10 nitrogen and oxygen atoms in total. The van der Waals surface area contributed by atoms with Crippen LogP contribution in [0.5, 0.6) is 0 Å². The fraction of sp³-hybridized carbons (Fsp3) is 0.450. The molecule has 0 N–H and O–H groups in total. The molecule has 0 unspecified atom stereocenters. The first-order valence-corrected chi connectivity index (χ1v) is 11.5. The lowest BCUT2D eigenvalue weighted by molar-refractivity contribution is -0.145. The molecule has 0 aromatic carbocycles. The summed E-state index contributed by atoms with van der Waals surface area (Å²) in [4.78, 5) is 41.2. The standard InChI is InChI=1S/C20H18F6N8O2S/c1-10-7-32(3-4-34(10)13(36)8-33-9-29-15(31-33)11(2)35)16-14(30-18(37-16)20(24,25)26)12-5-27-17(28-6-12)19(21,22)23/h5-6,9-10H,3-4,7-8H2,1-2H3/t10-/m1/s1. The third-order valence-electron chi connectivity index (χ3n) is 5.41. The van der Waals surface area contributed by atoms with E-state index in [1.807, 2.05) is 0 Å². The van der Waals surface area contributed by atoms with Crippen molar-refractivity contribution in [3.05, 3.63) is 35.4 Å². The van der Waals surface area contributed by atoms with Gasteiger partial charge in [0.1, 0.15) is 23.6 Å². The van der Waals surface area contributed by atoms with Crippen molar-refractivity contribution >= 4 is 28.0 Å². The third-order valence-corrected chi connectivity index (χ3v) is 6.58. The Morgan fingerprint density at radius 2 is 1.73 bits per heavy atom. The molecule has 0 aliphatic carbocycles. The molecule has 0 radical (unpaired) electrons. The Kier molecular flexibility index (Phi) is 6.91. The largest absolute Gasteiger partial charge is 0.451 e. The van der Waals surface area contributed by atoms with Gasteiger partial charge in [0.15, 0.2) is 5.78 Å². The van der Waals surface area contributed by atoms with E-state index in [4.69, 9.17) is 0 Å². The highest BCUT2D eigenvalue weighted by atomic mass is 32.1. The van der Waals surface area contributed by atoms with Gasteiger partial charge in [-0.1, -0.05) is 11.3 Å². The van der Waals surface area contributed by atoms with E-state index in [-0.39, 0.29) is 60.0 Å². The van der Waals surface area contributed by atoms with Crippen molar-refractivity contribution in [2.45, 2.75) is 38.8 Å². The zero-order chi connectivity index (χ0) is 27.1. The molecule has 198 valence electrons. The van der Waals surface area contributed by atoms with Crippen molar-refractivity contribution in [1.82, 2.24) is 34.6 Å². The molecule has 17 heteroatoms. The summed E-state index contributed by atoms with van der Waals surface area (Å²) in [5, 5.41) is 2.84. The summed E-state index contributed by atoms with van der Waals surface area (Å²) in [5.74, 6) is -2.14. The molecule has 0 bridgehead atoms. The fourth-order valence-corrected chi connectivity index (χ4v) is 4.70. The minimum Gasteiger partial charge on any atom is -0.358 e. The van der Waals surface area contributed by atoms with Crippen molar-refractivity contribution in [3.63, 3.8) is 0 Å². The number of hydrogen-bond acceptors (Lipinski definition) is 9. The average molecular weight is 548 g/mol. The number of carbonyl (C=O) groups is 2. The number of anilines is 1. The topological polar surface area (TPSA) is 110 Å². The van der Waals surface area contributed by atoms with Gasteiger partial charge >= 0.3 is 12.4 Å². The highest BCUT2D eigenvalue weighted by Crippen LogP contribution is 2.43. The van der Waals surface area contributed by atoms with E-state index in [1.54, 1.807) is 11.8 Å². The van der Waals surface area contributed by atoms with Crippen LogP contribution in [0.15, 0.2) is 18.7 Å². The number of alkyl halides is 6. The number of rotatable bonds is 5. The predicted octanol–water partition coefficient (Wildman–Crippen LogP) is 3.17. The minimum atomic E-state index is -4.81. The predicted molar refractivity (Wildman–Crippen MR) is 117 cm³/mol. The van der Waals surface area contributed by atoms with Crippen LogP contribution in [0.4, 0.5) is 31.3 Å². The summed E-state index contributed by atoms with van der Waals surface area (Å²) in [6, 6.07) is -0.440. The maximum absolute atomic E-state index is 13.4. The van der Waals surface area contributed by atoms with E-state index in [1.165, 1.54) is 22.8 Å². The van der Waals surface area contributed by atoms with Crippen LogP contribution >= 0.6 is 11.3 Å². The molecule has 1 amide bonds. The van der Waals surface area contributed by atoms with Gasteiger partial charge in [-0.25, -0.2) is 24.6 Å². The molecule has 0 spiro atoms. The monoisotopic (exact) mass is 548 g/mol. The Bertz CT molecular complexity index is 1300. The summed E-state index contributed by atoms with van der Waals surface area (Å²) >= 11 is 0.352. The number of Topliss-reactive ketones (excluding diaryl/α,β-unsaturated/α-hetero) is 1. The number of aromatic nitrogens is 6. The first-order valence-electron chi connectivity index (χ1n) is 10.7. The molecule has 0 saturated carbocycles. The van der Waals surface area contributed by atoms with E-state index in [0.717, 1.165) is 12.4 Å². The molecule has 1 fully saturated rings. The van der Waals surface area contributed by atoms with Crippen LogP contribution in [0.1, 0.15) is 35.3 Å². The summed E-state index contributed by atoms with van der Waals surface area (Å²) in [7, 11) is 0. The van der Waals surface area contributed by atoms with Crippen LogP contribution in [0.3, 0.4) is 0 Å². The number of carbonyl (C=O) groups excluding carboxylic acids is 2. The number of hydrogen-bond donors (Lipinski definition) is 0. The summed E-state index contributed by atoms with van der Waals surface area (Å²) in [5.41, 5.74) is -0.300. The third kappa shape index (κ3) is 5.70. The van der Waals surface area contributed by atoms with Crippen LogP contribution < -0.4 is 4.90 Å². The first-order chi connectivity index (χ1) is 17.2. The Labute approximate surface area is 209 Å². The molecule has 1 aliphatic heterocycles. The van der Waals surface area contributed by atoms with E-state index in [0.29, 0.717) is 11.3 Å². The Hall–Kier alpha value is -3.63. The molecule has 3 aromatic rings. The lowest BCUT2D eigenvalue weighted by Crippen LogP contribution is -2.54. The molecule has 37 heavy (non-hydrogen) atoms. The van der Waals surface area contributed by atoms with Crippen LogP contribution in [0.2, 0.25) is 0 Å². The van der Waals surface area contributed by atoms with Crippen LogP contribution in [0, 0.1) is 0 Å². The zero-order valence-electron chi connectivity index (χ0n) is 19.2. The molecule has 1 aliphatic rings. The fourth-order valence-electron chi connectivity index (χ4n) is 3.71. The van der Waals surface area contributed by atoms with Gasteiger partial charge < -0.3 is 9.80 Å². The molecular formula is C20H18F6N8O2S.